The third kappa shape index (κ3) is 2.36. The second-order valence-electron chi connectivity index (χ2n) is 3.24. The molecule has 2 heteroatoms. The first-order valence-corrected chi connectivity index (χ1v) is 4.63. The van der Waals surface area contributed by atoms with E-state index in [0.29, 0.717) is 6.42 Å². The Labute approximate surface area is 73.6 Å². The number of hydrogen-bond acceptors (Lipinski definition) is 2. The van der Waals surface area contributed by atoms with E-state index in [0.717, 1.165) is 25.0 Å². The molecule has 2 nitrogen and oxygen atoms in total. The van der Waals surface area contributed by atoms with Gasteiger partial charge in [0.1, 0.15) is 5.76 Å². The number of esters is 1. The van der Waals surface area contributed by atoms with Gasteiger partial charge in [0, 0.05) is 12.8 Å². The highest BCUT2D eigenvalue weighted by Crippen LogP contribution is 2.25. The Balaban J connectivity index is 2.54. The molecule has 0 bridgehead atoms. The molecule has 1 aliphatic rings. The maximum Gasteiger partial charge on any atom is 0.310 e. The van der Waals surface area contributed by atoms with Crippen LogP contribution in [0.3, 0.4) is 0 Å². The molecule has 0 heterocycles. The number of carbonyl (C=O) groups is 1. The minimum Gasteiger partial charge on any atom is -0.431 e. The molecule has 12 heavy (non-hydrogen) atoms. The van der Waals surface area contributed by atoms with Crippen molar-refractivity contribution in [3.63, 3.8) is 0 Å². The van der Waals surface area contributed by atoms with E-state index in [9.17, 15) is 4.79 Å². The van der Waals surface area contributed by atoms with Crippen molar-refractivity contribution in [2.45, 2.75) is 46.0 Å². The summed E-state index contributed by atoms with van der Waals surface area (Å²) in [6.07, 6.45) is 4.89. The summed E-state index contributed by atoms with van der Waals surface area (Å²) < 4.78 is 5.19. The first kappa shape index (κ1) is 9.30. The first-order valence-electron chi connectivity index (χ1n) is 4.63. The lowest BCUT2D eigenvalue weighted by Crippen LogP contribution is -2.07. The third-order valence-electron chi connectivity index (χ3n) is 2.21. The smallest absolute Gasteiger partial charge is 0.310 e. The van der Waals surface area contributed by atoms with Crippen LogP contribution in [0.25, 0.3) is 0 Å². The highest BCUT2D eigenvalue weighted by molar-refractivity contribution is 5.70. The lowest BCUT2D eigenvalue weighted by atomic mass is 9.99. The van der Waals surface area contributed by atoms with Crippen LogP contribution in [0, 0.1) is 0 Å². The molecule has 0 atom stereocenters. The van der Waals surface area contributed by atoms with Gasteiger partial charge in [0.2, 0.25) is 0 Å². The van der Waals surface area contributed by atoms with Gasteiger partial charge in [0.25, 0.3) is 0 Å². The molecule has 0 saturated carbocycles. The maximum absolute atomic E-state index is 11.0. The first-order chi connectivity index (χ1) is 5.74. The van der Waals surface area contributed by atoms with Gasteiger partial charge in [-0.15, -0.1) is 0 Å². The Morgan fingerprint density at radius 3 is 2.67 bits per heavy atom. The van der Waals surface area contributed by atoms with Gasteiger partial charge < -0.3 is 4.74 Å². The number of carbonyl (C=O) groups excluding carboxylic acids is 1. The van der Waals surface area contributed by atoms with E-state index in [1.165, 1.54) is 12.0 Å². The standard InChI is InChI=1S/C10H16O2/c1-3-10(11)12-9-7-5-4-6-8(9)2/h3-7H2,1-2H3. The summed E-state index contributed by atoms with van der Waals surface area (Å²) in [5, 5.41) is 0. The quantitative estimate of drug-likeness (QED) is 0.592. The fourth-order valence-electron chi connectivity index (χ4n) is 1.38. The van der Waals surface area contributed by atoms with Gasteiger partial charge in [-0.05, 0) is 31.8 Å². The van der Waals surface area contributed by atoms with Crippen LogP contribution in [0.15, 0.2) is 11.3 Å². The molecule has 0 fully saturated rings. The maximum atomic E-state index is 11.0. The van der Waals surface area contributed by atoms with Crippen molar-refractivity contribution >= 4 is 5.97 Å². The van der Waals surface area contributed by atoms with Gasteiger partial charge in [-0.1, -0.05) is 6.92 Å². The Morgan fingerprint density at radius 1 is 1.42 bits per heavy atom. The SMILES string of the molecule is CCC(=O)OC1=C(C)CCCC1. The number of ether oxygens (including phenoxy) is 1. The molecule has 0 aromatic rings. The highest BCUT2D eigenvalue weighted by Gasteiger charge is 2.12. The summed E-state index contributed by atoms with van der Waals surface area (Å²) in [7, 11) is 0. The van der Waals surface area contributed by atoms with E-state index < -0.39 is 0 Å². The topological polar surface area (TPSA) is 26.3 Å². The van der Waals surface area contributed by atoms with Crippen molar-refractivity contribution in [2.24, 2.45) is 0 Å². The van der Waals surface area contributed by atoms with Crippen LogP contribution in [-0.2, 0) is 9.53 Å². The normalized spacial score (nSPS) is 17.8. The van der Waals surface area contributed by atoms with Crippen molar-refractivity contribution < 1.29 is 9.53 Å². The van der Waals surface area contributed by atoms with E-state index in [4.69, 9.17) is 4.74 Å². The molecule has 0 saturated heterocycles. The largest absolute Gasteiger partial charge is 0.431 e. The van der Waals surface area contributed by atoms with Crippen LogP contribution in [0.1, 0.15) is 46.0 Å². The predicted molar refractivity (Wildman–Crippen MR) is 47.6 cm³/mol. The molecule has 0 aliphatic heterocycles. The molecule has 0 radical (unpaired) electrons. The predicted octanol–water partition coefficient (Wildman–Crippen LogP) is 2.79. The zero-order chi connectivity index (χ0) is 8.97. The van der Waals surface area contributed by atoms with Crippen molar-refractivity contribution in [3.8, 4) is 0 Å². The summed E-state index contributed by atoms with van der Waals surface area (Å²) in [5.41, 5.74) is 1.25. The fourth-order valence-corrected chi connectivity index (χ4v) is 1.38. The van der Waals surface area contributed by atoms with Gasteiger partial charge in [0.15, 0.2) is 0 Å². The van der Waals surface area contributed by atoms with Crippen molar-refractivity contribution in [2.75, 3.05) is 0 Å². The second kappa shape index (κ2) is 4.29. The molecule has 0 N–H and O–H groups in total. The Hall–Kier alpha value is -0.790. The van der Waals surface area contributed by atoms with Gasteiger partial charge in [0.05, 0.1) is 0 Å². The van der Waals surface area contributed by atoms with Crippen molar-refractivity contribution in [1.82, 2.24) is 0 Å². The molecule has 68 valence electrons. The van der Waals surface area contributed by atoms with Gasteiger partial charge >= 0.3 is 5.97 Å². The second-order valence-corrected chi connectivity index (χ2v) is 3.24. The fraction of sp³-hybridized carbons (Fsp3) is 0.700. The monoisotopic (exact) mass is 168 g/mol. The third-order valence-corrected chi connectivity index (χ3v) is 2.21. The zero-order valence-corrected chi connectivity index (χ0v) is 7.85. The molecular formula is C10H16O2. The van der Waals surface area contributed by atoms with E-state index in [-0.39, 0.29) is 5.97 Å². The molecule has 1 rings (SSSR count). The average Bonchev–Trinajstić information content (AvgIpc) is 2.09. The van der Waals surface area contributed by atoms with Gasteiger partial charge in [-0.25, -0.2) is 0 Å². The summed E-state index contributed by atoms with van der Waals surface area (Å²) in [4.78, 5) is 11.0. The Kier molecular flexibility index (Phi) is 3.32. The average molecular weight is 168 g/mol. The van der Waals surface area contributed by atoms with Crippen molar-refractivity contribution in [1.29, 1.82) is 0 Å². The van der Waals surface area contributed by atoms with Crippen LogP contribution in [0.2, 0.25) is 0 Å². The molecule has 0 amide bonds. The minimum absolute atomic E-state index is 0.105. The Morgan fingerprint density at radius 2 is 2.08 bits per heavy atom. The van der Waals surface area contributed by atoms with Crippen LogP contribution in [0.5, 0.6) is 0 Å². The van der Waals surface area contributed by atoms with Gasteiger partial charge in [-0.3, -0.25) is 4.79 Å². The summed E-state index contributed by atoms with van der Waals surface area (Å²) in [6.45, 7) is 3.87. The van der Waals surface area contributed by atoms with Crippen LogP contribution in [-0.4, -0.2) is 5.97 Å². The Bertz CT molecular complexity index is 204. The summed E-state index contributed by atoms with van der Waals surface area (Å²) in [5.74, 6) is 0.819. The molecule has 1 aliphatic carbocycles. The van der Waals surface area contributed by atoms with E-state index in [1.54, 1.807) is 0 Å². The molecule has 0 aromatic heterocycles. The van der Waals surface area contributed by atoms with Crippen molar-refractivity contribution in [3.05, 3.63) is 11.3 Å². The lowest BCUT2D eigenvalue weighted by Gasteiger charge is -2.16. The van der Waals surface area contributed by atoms with Crippen LogP contribution < -0.4 is 0 Å². The highest BCUT2D eigenvalue weighted by atomic mass is 16.5. The molecule has 0 aromatic carbocycles. The number of allylic oxidation sites excluding steroid dienone is 2. The molecular weight excluding hydrogens is 152 g/mol. The number of rotatable bonds is 2. The minimum atomic E-state index is -0.105. The van der Waals surface area contributed by atoms with E-state index in [2.05, 4.69) is 6.92 Å². The van der Waals surface area contributed by atoms with E-state index in [1.807, 2.05) is 6.92 Å². The molecule has 0 unspecified atom stereocenters. The summed E-state index contributed by atoms with van der Waals surface area (Å²) in [6, 6.07) is 0. The number of hydrogen-bond donors (Lipinski definition) is 0. The lowest BCUT2D eigenvalue weighted by molar-refractivity contribution is -0.139. The van der Waals surface area contributed by atoms with Gasteiger partial charge in [-0.2, -0.15) is 0 Å². The van der Waals surface area contributed by atoms with Crippen LogP contribution >= 0.6 is 0 Å². The molecule has 0 spiro atoms. The van der Waals surface area contributed by atoms with E-state index >= 15 is 0 Å². The summed E-state index contributed by atoms with van der Waals surface area (Å²) >= 11 is 0. The van der Waals surface area contributed by atoms with Crippen LogP contribution in [0.4, 0.5) is 0 Å². The zero-order valence-electron chi connectivity index (χ0n) is 7.85.